The summed E-state index contributed by atoms with van der Waals surface area (Å²) in [5.74, 6) is -1.32. The zero-order valence-corrected chi connectivity index (χ0v) is 10.2. The number of carbonyl (C=O) groups excluding carboxylic acids is 2. The van der Waals surface area contributed by atoms with E-state index < -0.39 is 18.5 Å². The van der Waals surface area contributed by atoms with Crippen LogP contribution in [0.5, 0.6) is 0 Å². The Kier molecular flexibility index (Phi) is 3.50. The Hall–Kier alpha value is -1.73. The largest absolute Gasteiger partial charge is 0.451 e. The third-order valence-electron chi connectivity index (χ3n) is 1.79. The van der Waals surface area contributed by atoms with Crippen LogP contribution in [-0.4, -0.2) is 23.5 Å². The van der Waals surface area contributed by atoms with Crippen LogP contribution in [0.25, 0.3) is 9.88 Å². The first-order chi connectivity index (χ1) is 8.16. The summed E-state index contributed by atoms with van der Waals surface area (Å²) in [4.78, 5) is 27.0. The van der Waals surface area contributed by atoms with Crippen molar-refractivity contribution in [3.05, 3.63) is 28.6 Å². The van der Waals surface area contributed by atoms with E-state index in [1.807, 2.05) is 17.5 Å². The van der Waals surface area contributed by atoms with E-state index in [0.29, 0.717) is 0 Å². The Labute approximate surface area is 105 Å². The molecular formula is C10H8N2O3S2. The Bertz CT molecular complexity index is 534. The van der Waals surface area contributed by atoms with Gasteiger partial charge in [-0.3, -0.25) is 4.79 Å². The summed E-state index contributed by atoms with van der Waals surface area (Å²) in [5, 5.41) is 4.28. The number of carbonyl (C=O) groups is 2. The van der Waals surface area contributed by atoms with E-state index in [2.05, 4.69) is 9.72 Å². The van der Waals surface area contributed by atoms with Gasteiger partial charge in [0.1, 0.15) is 5.01 Å². The molecule has 7 heteroatoms. The summed E-state index contributed by atoms with van der Waals surface area (Å²) < 4.78 is 4.65. The highest BCUT2D eigenvalue weighted by molar-refractivity contribution is 7.20. The minimum absolute atomic E-state index is 0.194. The second kappa shape index (κ2) is 5.07. The number of nitrogens with zero attached hydrogens (tertiary/aromatic N) is 1. The van der Waals surface area contributed by atoms with Crippen LogP contribution in [-0.2, 0) is 9.53 Å². The second-order valence-corrected chi connectivity index (χ2v) is 4.86. The first kappa shape index (κ1) is 11.7. The molecule has 0 aromatic carbocycles. The van der Waals surface area contributed by atoms with E-state index in [-0.39, 0.29) is 5.69 Å². The molecule has 5 nitrogen and oxygen atoms in total. The van der Waals surface area contributed by atoms with E-state index in [1.165, 1.54) is 11.3 Å². The van der Waals surface area contributed by atoms with Gasteiger partial charge in [-0.1, -0.05) is 6.07 Å². The second-order valence-electron chi connectivity index (χ2n) is 3.06. The lowest BCUT2D eigenvalue weighted by molar-refractivity contribution is -0.121. The topological polar surface area (TPSA) is 82.3 Å². The molecule has 0 radical (unpaired) electrons. The minimum atomic E-state index is -0.688. The van der Waals surface area contributed by atoms with Gasteiger partial charge in [-0.25, -0.2) is 9.78 Å². The quantitative estimate of drug-likeness (QED) is 0.852. The van der Waals surface area contributed by atoms with Crippen LogP contribution < -0.4 is 5.73 Å². The molecule has 2 rings (SSSR count). The van der Waals surface area contributed by atoms with Crippen LogP contribution >= 0.6 is 22.7 Å². The maximum Gasteiger partial charge on any atom is 0.358 e. The highest BCUT2D eigenvalue weighted by Crippen LogP contribution is 2.27. The fourth-order valence-electron chi connectivity index (χ4n) is 1.09. The first-order valence-corrected chi connectivity index (χ1v) is 6.37. The molecule has 0 unspecified atom stereocenters. The Morgan fingerprint density at radius 2 is 2.24 bits per heavy atom. The van der Waals surface area contributed by atoms with Gasteiger partial charge in [0.2, 0.25) is 0 Å². The van der Waals surface area contributed by atoms with Gasteiger partial charge < -0.3 is 10.5 Å². The standard InChI is InChI=1S/C10H8N2O3S2/c11-8(13)4-15-10(14)6-5-17-9(12-6)7-2-1-3-16-7/h1-3,5H,4H2,(H2,11,13). The predicted octanol–water partition coefficient (Wildman–Crippen LogP) is 1.51. The number of thiazole rings is 1. The lowest BCUT2D eigenvalue weighted by atomic mass is 10.4. The van der Waals surface area contributed by atoms with Gasteiger partial charge in [-0.2, -0.15) is 0 Å². The zero-order valence-electron chi connectivity index (χ0n) is 8.58. The molecule has 0 aliphatic carbocycles. The van der Waals surface area contributed by atoms with E-state index in [0.717, 1.165) is 9.88 Å². The van der Waals surface area contributed by atoms with E-state index >= 15 is 0 Å². The monoisotopic (exact) mass is 268 g/mol. The fourth-order valence-corrected chi connectivity index (χ4v) is 2.69. The van der Waals surface area contributed by atoms with E-state index in [9.17, 15) is 9.59 Å². The van der Waals surface area contributed by atoms with Crippen molar-refractivity contribution < 1.29 is 14.3 Å². The van der Waals surface area contributed by atoms with Crippen LogP contribution in [0.1, 0.15) is 10.5 Å². The Morgan fingerprint density at radius 1 is 1.41 bits per heavy atom. The van der Waals surface area contributed by atoms with Crippen molar-refractivity contribution in [1.82, 2.24) is 4.98 Å². The van der Waals surface area contributed by atoms with Crippen LogP contribution in [0.15, 0.2) is 22.9 Å². The molecule has 0 aliphatic rings. The normalized spacial score (nSPS) is 10.1. The summed E-state index contributed by atoms with van der Waals surface area (Å²) in [6.07, 6.45) is 0. The van der Waals surface area contributed by atoms with Gasteiger partial charge in [-0.05, 0) is 11.4 Å². The van der Waals surface area contributed by atoms with Crippen molar-refractivity contribution in [3.63, 3.8) is 0 Å². The van der Waals surface area contributed by atoms with E-state index in [1.54, 1.807) is 16.7 Å². The molecule has 0 bridgehead atoms. The SMILES string of the molecule is NC(=O)COC(=O)c1csc(-c2cccs2)n1. The van der Waals surface area contributed by atoms with Crippen LogP contribution in [0.3, 0.4) is 0 Å². The van der Waals surface area contributed by atoms with Gasteiger partial charge in [0.05, 0.1) is 4.88 Å². The minimum Gasteiger partial charge on any atom is -0.451 e. The van der Waals surface area contributed by atoms with Crippen molar-refractivity contribution in [1.29, 1.82) is 0 Å². The number of aromatic nitrogens is 1. The molecule has 0 saturated carbocycles. The molecule has 17 heavy (non-hydrogen) atoms. The molecular weight excluding hydrogens is 260 g/mol. The van der Waals surface area contributed by atoms with Gasteiger partial charge in [0.15, 0.2) is 12.3 Å². The average Bonchev–Trinajstić information content (AvgIpc) is 2.94. The predicted molar refractivity (Wildman–Crippen MR) is 64.9 cm³/mol. The smallest absolute Gasteiger partial charge is 0.358 e. The zero-order chi connectivity index (χ0) is 12.3. The van der Waals surface area contributed by atoms with E-state index in [4.69, 9.17) is 5.73 Å². The van der Waals surface area contributed by atoms with Gasteiger partial charge in [-0.15, -0.1) is 22.7 Å². The molecule has 88 valence electrons. The van der Waals surface area contributed by atoms with Gasteiger partial charge in [0.25, 0.3) is 5.91 Å². The molecule has 2 heterocycles. The van der Waals surface area contributed by atoms with Crippen LogP contribution in [0, 0.1) is 0 Å². The lowest BCUT2D eigenvalue weighted by Gasteiger charge is -1.97. The van der Waals surface area contributed by atoms with Crippen LogP contribution in [0.4, 0.5) is 0 Å². The van der Waals surface area contributed by atoms with Gasteiger partial charge in [0, 0.05) is 5.38 Å². The number of amides is 1. The van der Waals surface area contributed by atoms with Crippen molar-refractivity contribution in [2.24, 2.45) is 5.73 Å². The number of primary amides is 1. The van der Waals surface area contributed by atoms with Crippen molar-refractivity contribution >= 4 is 34.6 Å². The third kappa shape index (κ3) is 2.89. The number of nitrogens with two attached hydrogens (primary N) is 1. The lowest BCUT2D eigenvalue weighted by Crippen LogP contribution is -2.21. The number of ether oxygens (including phenoxy) is 1. The summed E-state index contributed by atoms with van der Waals surface area (Å²) in [6, 6.07) is 3.83. The van der Waals surface area contributed by atoms with Crippen molar-refractivity contribution in [2.75, 3.05) is 6.61 Å². The van der Waals surface area contributed by atoms with Crippen LogP contribution in [0.2, 0.25) is 0 Å². The molecule has 0 saturated heterocycles. The third-order valence-corrected chi connectivity index (χ3v) is 3.67. The van der Waals surface area contributed by atoms with Crippen molar-refractivity contribution in [3.8, 4) is 9.88 Å². The molecule has 0 aliphatic heterocycles. The molecule has 2 N–H and O–H groups in total. The highest BCUT2D eigenvalue weighted by atomic mass is 32.1. The molecule has 0 fully saturated rings. The molecule has 1 amide bonds. The van der Waals surface area contributed by atoms with Crippen molar-refractivity contribution in [2.45, 2.75) is 0 Å². The maximum atomic E-state index is 11.4. The van der Waals surface area contributed by atoms with Gasteiger partial charge >= 0.3 is 5.97 Å². The number of hydrogen-bond donors (Lipinski definition) is 1. The number of hydrogen-bond acceptors (Lipinski definition) is 6. The summed E-state index contributed by atoms with van der Waals surface area (Å²) >= 11 is 2.89. The Balaban J connectivity index is 2.08. The highest BCUT2D eigenvalue weighted by Gasteiger charge is 2.14. The maximum absolute atomic E-state index is 11.4. The Morgan fingerprint density at radius 3 is 2.88 bits per heavy atom. The first-order valence-electron chi connectivity index (χ1n) is 4.61. The molecule has 0 spiro atoms. The summed E-state index contributed by atoms with van der Waals surface area (Å²) in [5.41, 5.74) is 5.06. The number of rotatable bonds is 4. The molecule has 2 aromatic heterocycles. The molecule has 2 aromatic rings. The number of thiophene rings is 1. The summed E-state index contributed by atoms with van der Waals surface area (Å²) in [7, 11) is 0. The number of esters is 1. The fraction of sp³-hybridized carbons (Fsp3) is 0.100. The average molecular weight is 268 g/mol. The molecule has 0 atom stereocenters. The summed E-state index contributed by atoms with van der Waals surface area (Å²) in [6.45, 7) is -0.426.